The zero-order chi connectivity index (χ0) is 18.5. The van der Waals surface area contributed by atoms with Crippen molar-refractivity contribution in [3.05, 3.63) is 71.6 Å². The molecule has 6 heteroatoms. The van der Waals surface area contributed by atoms with E-state index in [4.69, 9.17) is 9.84 Å². The van der Waals surface area contributed by atoms with Crippen molar-refractivity contribution in [2.75, 3.05) is 6.61 Å². The second kappa shape index (κ2) is 7.53. The monoisotopic (exact) mass is 347 g/mol. The van der Waals surface area contributed by atoms with E-state index in [1.807, 2.05) is 49.4 Å². The second-order valence-electron chi connectivity index (χ2n) is 5.61. The van der Waals surface area contributed by atoms with Crippen LogP contribution in [0.25, 0.3) is 11.3 Å². The number of benzene rings is 1. The summed E-state index contributed by atoms with van der Waals surface area (Å²) in [5.74, 6) is -0.280. The van der Waals surface area contributed by atoms with Gasteiger partial charge in [0.2, 0.25) is 0 Å². The van der Waals surface area contributed by atoms with E-state index in [-0.39, 0.29) is 5.56 Å². The molecule has 0 bridgehead atoms. The lowest BCUT2D eigenvalue weighted by Crippen LogP contribution is -1.97. The Morgan fingerprint density at radius 2 is 2.27 bits per heavy atom. The minimum absolute atomic E-state index is 0.119. The largest absolute Gasteiger partial charge is 0.494 e. The van der Waals surface area contributed by atoms with Crippen molar-refractivity contribution in [2.24, 2.45) is 0 Å². The van der Waals surface area contributed by atoms with Crippen molar-refractivity contribution in [3.63, 3.8) is 0 Å². The molecule has 6 nitrogen and oxygen atoms in total. The van der Waals surface area contributed by atoms with Crippen molar-refractivity contribution < 1.29 is 14.6 Å². The van der Waals surface area contributed by atoms with Crippen molar-refractivity contribution in [2.45, 2.75) is 13.3 Å². The fourth-order valence-corrected chi connectivity index (χ4v) is 2.69. The van der Waals surface area contributed by atoms with Crippen LogP contribution >= 0.6 is 0 Å². The van der Waals surface area contributed by atoms with Gasteiger partial charge in [0, 0.05) is 18.3 Å². The molecule has 1 aliphatic carbocycles. The number of allylic oxidation sites excluding steroid dienone is 6. The highest BCUT2D eigenvalue weighted by Crippen LogP contribution is 2.30. The number of hydrogen-bond acceptors (Lipinski definition) is 4. The number of hydrogen-bond donors (Lipinski definition) is 1. The lowest BCUT2D eigenvalue weighted by molar-refractivity contribution is 0.0697. The van der Waals surface area contributed by atoms with Crippen LogP contribution in [0.15, 0.2) is 60.5 Å². The number of aromatic nitrogens is 2. The molecule has 0 unspecified atom stereocenters. The van der Waals surface area contributed by atoms with E-state index in [1.165, 1.54) is 17.1 Å². The van der Waals surface area contributed by atoms with Gasteiger partial charge in [-0.15, -0.1) is 0 Å². The number of nitriles is 1. The van der Waals surface area contributed by atoms with Gasteiger partial charge in [-0.25, -0.2) is 9.48 Å². The summed E-state index contributed by atoms with van der Waals surface area (Å²) in [6, 6.07) is 9.82. The first-order valence-electron chi connectivity index (χ1n) is 8.15. The van der Waals surface area contributed by atoms with Crippen LogP contribution in [-0.2, 0) is 0 Å². The molecule has 0 amide bonds. The molecule has 1 aliphatic rings. The molecule has 0 aliphatic heterocycles. The van der Waals surface area contributed by atoms with Crippen LogP contribution in [0.4, 0.5) is 0 Å². The van der Waals surface area contributed by atoms with Gasteiger partial charge in [-0.05, 0) is 36.3 Å². The van der Waals surface area contributed by atoms with Crippen LogP contribution in [-0.4, -0.2) is 27.5 Å². The van der Waals surface area contributed by atoms with Crippen molar-refractivity contribution >= 4 is 17.2 Å². The summed E-state index contributed by atoms with van der Waals surface area (Å²) in [6.45, 7) is 2.49. The molecule has 0 saturated heterocycles. The van der Waals surface area contributed by atoms with Crippen LogP contribution < -0.4 is 4.74 Å². The Morgan fingerprint density at radius 3 is 2.96 bits per heavy atom. The van der Waals surface area contributed by atoms with E-state index in [2.05, 4.69) is 11.2 Å². The second-order valence-corrected chi connectivity index (χ2v) is 5.61. The zero-order valence-corrected chi connectivity index (χ0v) is 14.2. The van der Waals surface area contributed by atoms with E-state index in [9.17, 15) is 10.1 Å². The first kappa shape index (κ1) is 17.2. The van der Waals surface area contributed by atoms with Crippen LogP contribution in [0, 0.1) is 11.3 Å². The van der Waals surface area contributed by atoms with Gasteiger partial charge in [0.15, 0.2) is 0 Å². The molecule has 1 aromatic heterocycles. The molecule has 0 fully saturated rings. The molecule has 26 heavy (non-hydrogen) atoms. The summed E-state index contributed by atoms with van der Waals surface area (Å²) in [5.41, 5.74) is 3.12. The van der Waals surface area contributed by atoms with Crippen molar-refractivity contribution in [3.8, 4) is 11.8 Å². The van der Waals surface area contributed by atoms with E-state index >= 15 is 0 Å². The predicted molar refractivity (Wildman–Crippen MR) is 97.4 cm³/mol. The number of rotatable bonds is 5. The summed E-state index contributed by atoms with van der Waals surface area (Å²) in [4.78, 5) is 11.0. The van der Waals surface area contributed by atoms with Gasteiger partial charge in [0.05, 0.1) is 30.0 Å². The average Bonchev–Trinajstić information content (AvgIpc) is 3.03. The highest BCUT2D eigenvalue weighted by atomic mass is 16.5. The third kappa shape index (κ3) is 3.57. The Morgan fingerprint density at radius 1 is 1.42 bits per heavy atom. The van der Waals surface area contributed by atoms with Crippen LogP contribution in [0.1, 0.15) is 29.3 Å². The number of aromatic carboxylic acids is 1. The van der Waals surface area contributed by atoms with E-state index in [0.29, 0.717) is 18.6 Å². The third-order valence-corrected chi connectivity index (χ3v) is 3.95. The Kier molecular flexibility index (Phi) is 4.99. The summed E-state index contributed by atoms with van der Waals surface area (Å²) in [6.07, 6.45) is 8.75. The van der Waals surface area contributed by atoms with Gasteiger partial charge in [-0.3, -0.25) is 0 Å². The normalized spacial score (nSPS) is 13.8. The first-order chi connectivity index (χ1) is 12.6. The Labute approximate surface area is 150 Å². The van der Waals surface area contributed by atoms with Gasteiger partial charge in [0.25, 0.3) is 0 Å². The summed E-state index contributed by atoms with van der Waals surface area (Å²) >= 11 is 0. The summed E-state index contributed by atoms with van der Waals surface area (Å²) in [5, 5.41) is 22.7. The molecule has 3 rings (SSSR count). The van der Waals surface area contributed by atoms with Crippen LogP contribution in [0.5, 0.6) is 5.75 Å². The molecule has 1 aromatic carbocycles. The van der Waals surface area contributed by atoms with Gasteiger partial charge < -0.3 is 9.84 Å². The van der Waals surface area contributed by atoms with Crippen molar-refractivity contribution in [1.29, 1.82) is 5.26 Å². The van der Waals surface area contributed by atoms with Crippen molar-refractivity contribution in [1.82, 2.24) is 9.78 Å². The quantitative estimate of drug-likeness (QED) is 0.890. The average molecular weight is 347 g/mol. The number of nitrogens with zero attached hydrogens (tertiary/aromatic N) is 3. The number of ether oxygens (including phenoxy) is 1. The zero-order valence-electron chi connectivity index (χ0n) is 14.2. The SMILES string of the molecule is CCOc1cccc(C2=CC=C(n3cc(C(=O)O)cn3)CC=C2C#N)c1. The lowest BCUT2D eigenvalue weighted by atomic mass is 9.98. The Bertz CT molecular complexity index is 974. The summed E-state index contributed by atoms with van der Waals surface area (Å²) < 4.78 is 7.06. The van der Waals surface area contributed by atoms with Gasteiger partial charge in [-0.1, -0.05) is 24.3 Å². The van der Waals surface area contributed by atoms with E-state index in [0.717, 1.165) is 22.6 Å². The maximum Gasteiger partial charge on any atom is 0.338 e. The standard InChI is InChI=1S/C20H17N3O3/c1-2-26-18-5-3-4-14(10-18)19-9-8-17(7-6-15(19)11-21)23-13-16(12-22-23)20(24)25/h3-6,8-10,12-13H,2,7H2,1H3,(H,24,25). The smallest absolute Gasteiger partial charge is 0.338 e. The van der Waals surface area contributed by atoms with E-state index < -0.39 is 5.97 Å². The van der Waals surface area contributed by atoms with Crippen LogP contribution in [0.3, 0.4) is 0 Å². The fourth-order valence-electron chi connectivity index (χ4n) is 2.69. The molecule has 0 spiro atoms. The van der Waals surface area contributed by atoms with E-state index in [1.54, 1.807) is 0 Å². The highest BCUT2D eigenvalue weighted by Gasteiger charge is 2.14. The molecule has 1 N–H and O–H groups in total. The Balaban J connectivity index is 1.99. The predicted octanol–water partition coefficient (Wildman–Crippen LogP) is 3.76. The highest BCUT2D eigenvalue weighted by molar-refractivity contribution is 5.88. The molecular formula is C20H17N3O3. The number of carboxylic acid groups (broad SMARTS) is 1. The van der Waals surface area contributed by atoms with Gasteiger partial charge >= 0.3 is 5.97 Å². The minimum atomic E-state index is -1.03. The number of carbonyl (C=O) groups is 1. The summed E-state index contributed by atoms with van der Waals surface area (Å²) in [7, 11) is 0. The van der Waals surface area contributed by atoms with Crippen LogP contribution in [0.2, 0.25) is 0 Å². The maximum atomic E-state index is 11.0. The van der Waals surface area contributed by atoms with Gasteiger partial charge in [-0.2, -0.15) is 10.4 Å². The molecule has 0 atom stereocenters. The van der Waals surface area contributed by atoms with Gasteiger partial charge in [0.1, 0.15) is 5.75 Å². The molecule has 2 aromatic rings. The topological polar surface area (TPSA) is 88.1 Å². The molecule has 130 valence electrons. The molecule has 1 heterocycles. The maximum absolute atomic E-state index is 11.0. The third-order valence-electron chi connectivity index (χ3n) is 3.95. The minimum Gasteiger partial charge on any atom is -0.494 e. The molecule has 0 saturated carbocycles. The fraction of sp³-hybridized carbons (Fsp3) is 0.150. The lowest BCUT2D eigenvalue weighted by Gasteiger charge is -2.08. The molecular weight excluding hydrogens is 330 g/mol. The Hall–Kier alpha value is -3.59. The molecule has 0 radical (unpaired) electrons. The first-order valence-corrected chi connectivity index (χ1v) is 8.15. The number of carboxylic acids is 1.